The lowest BCUT2D eigenvalue weighted by Crippen LogP contribution is -2.50. The first-order valence-corrected chi connectivity index (χ1v) is 10.8. The molecule has 1 aromatic heterocycles. The molecule has 0 spiro atoms. The molecule has 2 heterocycles. The fourth-order valence-electron chi connectivity index (χ4n) is 3.87. The Balaban J connectivity index is 1.62. The van der Waals surface area contributed by atoms with Crippen LogP contribution in [0.2, 0.25) is 0 Å². The molecule has 2 aliphatic rings. The average Bonchev–Trinajstić information content (AvgIpc) is 3.13. The Hall–Kier alpha value is -2.34. The van der Waals surface area contributed by atoms with E-state index in [1.165, 1.54) is 16.9 Å². The lowest BCUT2D eigenvalue weighted by atomic mass is 9.90. The summed E-state index contributed by atoms with van der Waals surface area (Å²) in [6.07, 6.45) is 3.44. The summed E-state index contributed by atoms with van der Waals surface area (Å²) in [5.74, 6) is 1.03. The van der Waals surface area contributed by atoms with E-state index in [0.29, 0.717) is 18.2 Å². The van der Waals surface area contributed by atoms with E-state index in [4.69, 9.17) is 4.74 Å². The van der Waals surface area contributed by atoms with Crippen LogP contribution in [0.25, 0.3) is 0 Å². The number of benzene rings is 1. The van der Waals surface area contributed by atoms with Crippen LogP contribution in [-0.4, -0.2) is 31.0 Å². The average molecular weight is 399 g/mol. The maximum absolute atomic E-state index is 13.4. The van der Waals surface area contributed by atoms with Gasteiger partial charge in [-0.25, -0.2) is 0 Å². The van der Waals surface area contributed by atoms with Gasteiger partial charge in [-0.15, -0.1) is 11.3 Å². The molecule has 1 aliphatic heterocycles. The smallest absolute Gasteiger partial charge is 0.268 e. The quantitative estimate of drug-likeness (QED) is 0.852. The minimum absolute atomic E-state index is 0.0453. The van der Waals surface area contributed by atoms with E-state index >= 15 is 0 Å². The number of hydrogen-bond acceptors (Lipinski definition) is 4. The minimum atomic E-state index is -0.694. The number of aryl methyl sites for hydroxylation is 1. The number of thiophene rings is 1. The number of nitrogens with zero attached hydrogens (tertiary/aromatic N) is 1. The number of para-hydroxylation sites is 2. The predicted octanol–water partition coefficient (Wildman–Crippen LogP) is 3.81. The third-order valence-electron chi connectivity index (χ3n) is 5.40. The highest BCUT2D eigenvalue weighted by Gasteiger charge is 2.35. The standard InChI is InChI=1S/C22H26N2O3S/c1-3-10-23-21(25)18-13-24(16-6-4-5-7-17(16)27-18)22(26)20-12-15-11-14(2)8-9-19(15)28-20/h4-7,12,14,18H,3,8-11,13H2,1-2H3,(H,23,25)/t14-,18-/m0/s1. The van der Waals surface area contributed by atoms with E-state index < -0.39 is 6.10 Å². The SMILES string of the molecule is CCCNC(=O)[C@@H]1CN(C(=O)c2cc3c(s2)CC[C@H](C)C3)c2ccccc2O1. The summed E-state index contributed by atoms with van der Waals surface area (Å²) in [4.78, 5) is 29.7. The van der Waals surface area contributed by atoms with Gasteiger partial charge >= 0.3 is 0 Å². The predicted molar refractivity (Wildman–Crippen MR) is 111 cm³/mol. The van der Waals surface area contributed by atoms with Crippen LogP contribution >= 0.6 is 11.3 Å². The number of amides is 2. The Morgan fingerprint density at radius 3 is 2.96 bits per heavy atom. The van der Waals surface area contributed by atoms with Crippen molar-refractivity contribution in [3.63, 3.8) is 0 Å². The largest absolute Gasteiger partial charge is 0.477 e. The Morgan fingerprint density at radius 2 is 2.14 bits per heavy atom. The molecule has 148 valence electrons. The third-order valence-corrected chi connectivity index (χ3v) is 6.63. The second-order valence-electron chi connectivity index (χ2n) is 7.69. The highest BCUT2D eigenvalue weighted by atomic mass is 32.1. The maximum Gasteiger partial charge on any atom is 0.268 e. The van der Waals surface area contributed by atoms with Gasteiger partial charge in [-0.1, -0.05) is 26.0 Å². The highest BCUT2D eigenvalue weighted by Crippen LogP contribution is 2.37. The molecule has 2 atom stereocenters. The Kier molecular flexibility index (Phi) is 5.40. The van der Waals surface area contributed by atoms with Crippen molar-refractivity contribution in [3.8, 4) is 5.75 Å². The summed E-state index contributed by atoms with van der Waals surface area (Å²) in [6.45, 7) is 5.10. The fourth-order valence-corrected chi connectivity index (χ4v) is 5.03. The van der Waals surface area contributed by atoms with Crippen LogP contribution in [0.4, 0.5) is 5.69 Å². The van der Waals surface area contributed by atoms with Crippen LogP contribution in [0.1, 0.15) is 46.8 Å². The monoisotopic (exact) mass is 398 g/mol. The van der Waals surface area contributed by atoms with Gasteiger partial charge in [-0.05, 0) is 55.4 Å². The summed E-state index contributed by atoms with van der Waals surface area (Å²) in [5, 5.41) is 2.88. The molecule has 2 amide bonds. The van der Waals surface area contributed by atoms with E-state index in [1.54, 1.807) is 16.2 Å². The molecular formula is C22H26N2O3S. The molecule has 4 rings (SSSR count). The van der Waals surface area contributed by atoms with Crippen LogP contribution in [0.3, 0.4) is 0 Å². The summed E-state index contributed by atoms with van der Waals surface area (Å²) in [5.41, 5.74) is 2.04. The number of fused-ring (bicyclic) bond motifs is 2. The van der Waals surface area contributed by atoms with Gasteiger partial charge in [0.15, 0.2) is 6.10 Å². The zero-order chi connectivity index (χ0) is 19.7. The van der Waals surface area contributed by atoms with E-state index in [-0.39, 0.29) is 18.4 Å². The number of hydrogen-bond donors (Lipinski definition) is 1. The summed E-state index contributed by atoms with van der Waals surface area (Å²) in [7, 11) is 0. The molecule has 1 N–H and O–H groups in total. The molecule has 1 aromatic carbocycles. The fraction of sp³-hybridized carbons (Fsp3) is 0.455. The second-order valence-corrected chi connectivity index (χ2v) is 8.82. The Morgan fingerprint density at radius 1 is 1.32 bits per heavy atom. The molecule has 0 unspecified atom stereocenters. The molecule has 0 radical (unpaired) electrons. The third kappa shape index (κ3) is 3.65. The van der Waals surface area contributed by atoms with E-state index in [0.717, 1.165) is 29.8 Å². The molecule has 2 aromatic rings. The summed E-state index contributed by atoms with van der Waals surface area (Å²) in [6, 6.07) is 9.50. The van der Waals surface area contributed by atoms with E-state index in [2.05, 4.69) is 18.3 Å². The lowest BCUT2D eigenvalue weighted by Gasteiger charge is -2.34. The van der Waals surface area contributed by atoms with Crippen molar-refractivity contribution < 1.29 is 14.3 Å². The first-order valence-electron chi connectivity index (χ1n) is 10.0. The second kappa shape index (κ2) is 7.95. The van der Waals surface area contributed by atoms with Gasteiger partial charge in [-0.2, -0.15) is 0 Å². The van der Waals surface area contributed by atoms with Gasteiger partial charge in [0.05, 0.1) is 17.1 Å². The molecule has 0 saturated heterocycles. The van der Waals surface area contributed by atoms with Gasteiger partial charge < -0.3 is 10.1 Å². The van der Waals surface area contributed by atoms with Crippen molar-refractivity contribution in [2.45, 2.75) is 45.6 Å². The number of carbonyl (C=O) groups is 2. The van der Waals surface area contributed by atoms with Crippen LogP contribution in [0.5, 0.6) is 5.75 Å². The summed E-state index contributed by atoms with van der Waals surface area (Å²) >= 11 is 1.60. The number of ether oxygens (including phenoxy) is 1. The molecule has 0 saturated carbocycles. The first-order chi connectivity index (χ1) is 13.6. The molecule has 0 bridgehead atoms. The van der Waals surface area contributed by atoms with Crippen molar-refractivity contribution in [2.24, 2.45) is 5.92 Å². The van der Waals surface area contributed by atoms with Crippen molar-refractivity contribution in [3.05, 3.63) is 45.6 Å². The zero-order valence-corrected chi connectivity index (χ0v) is 17.2. The molecule has 6 heteroatoms. The van der Waals surface area contributed by atoms with E-state index in [1.807, 2.05) is 31.2 Å². The topological polar surface area (TPSA) is 58.6 Å². The Labute approximate surface area is 169 Å². The first kappa shape index (κ1) is 19.0. The highest BCUT2D eigenvalue weighted by molar-refractivity contribution is 7.14. The van der Waals surface area contributed by atoms with Gasteiger partial charge in [0.1, 0.15) is 5.75 Å². The lowest BCUT2D eigenvalue weighted by molar-refractivity contribution is -0.127. The van der Waals surface area contributed by atoms with Crippen molar-refractivity contribution in [1.29, 1.82) is 0 Å². The number of nitrogens with one attached hydrogen (secondary N) is 1. The van der Waals surface area contributed by atoms with Crippen molar-refractivity contribution in [2.75, 3.05) is 18.0 Å². The van der Waals surface area contributed by atoms with Crippen LogP contribution < -0.4 is 15.0 Å². The number of anilines is 1. The molecular weight excluding hydrogens is 372 g/mol. The van der Waals surface area contributed by atoms with Crippen LogP contribution in [0.15, 0.2) is 30.3 Å². The van der Waals surface area contributed by atoms with Gasteiger partial charge in [0, 0.05) is 11.4 Å². The van der Waals surface area contributed by atoms with Crippen molar-refractivity contribution >= 4 is 28.8 Å². The maximum atomic E-state index is 13.4. The van der Waals surface area contributed by atoms with E-state index in [9.17, 15) is 9.59 Å². The number of rotatable bonds is 4. The van der Waals surface area contributed by atoms with Crippen LogP contribution in [0, 0.1) is 5.92 Å². The van der Waals surface area contributed by atoms with Crippen molar-refractivity contribution in [1.82, 2.24) is 5.32 Å². The normalized spacial score (nSPS) is 20.7. The molecule has 1 aliphatic carbocycles. The van der Waals surface area contributed by atoms with Crippen LogP contribution in [-0.2, 0) is 17.6 Å². The zero-order valence-electron chi connectivity index (χ0n) is 16.4. The summed E-state index contributed by atoms with van der Waals surface area (Å²) < 4.78 is 5.90. The Bertz CT molecular complexity index is 892. The number of carbonyl (C=O) groups excluding carboxylic acids is 2. The molecule has 28 heavy (non-hydrogen) atoms. The van der Waals surface area contributed by atoms with Gasteiger partial charge in [-0.3, -0.25) is 14.5 Å². The van der Waals surface area contributed by atoms with Gasteiger partial charge in [0.2, 0.25) is 0 Å². The van der Waals surface area contributed by atoms with Gasteiger partial charge in [0.25, 0.3) is 11.8 Å². The molecule has 5 nitrogen and oxygen atoms in total. The minimum Gasteiger partial charge on any atom is -0.477 e. The molecule has 0 fully saturated rings.